The van der Waals surface area contributed by atoms with Crippen molar-refractivity contribution in [3.63, 3.8) is 0 Å². The third-order valence-electron chi connectivity index (χ3n) is 6.07. The molecule has 1 aliphatic carbocycles. The maximum absolute atomic E-state index is 13.3. The van der Waals surface area contributed by atoms with Crippen LogP contribution in [0.15, 0.2) is 48.5 Å². The highest BCUT2D eigenvalue weighted by atomic mass is 16.2. The molecule has 29 heavy (non-hydrogen) atoms. The van der Waals surface area contributed by atoms with Crippen LogP contribution in [0.3, 0.4) is 0 Å². The molecule has 1 aliphatic heterocycles. The van der Waals surface area contributed by atoms with Crippen molar-refractivity contribution in [2.24, 2.45) is 5.41 Å². The van der Waals surface area contributed by atoms with Crippen LogP contribution in [0.5, 0.6) is 0 Å². The number of rotatable bonds is 6. The number of amides is 2. The summed E-state index contributed by atoms with van der Waals surface area (Å²) < 4.78 is 0. The molecule has 152 valence electrons. The molecular formula is C24H29N3O2. The van der Waals surface area contributed by atoms with Crippen LogP contribution < -0.4 is 15.1 Å². The highest BCUT2D eigenvalue weighted by Gasteiger charge is 2.58. The minimum absolute atomic E-state index is 0.100. The van der Waals surface area contributed by atoms with Crippen molar-refractivity contribution in [2.45, 2.75) is 39.5 Å². The first kappa shape index (κ1) is 19.5. The summed E-state index contributed by atoms with van der Waals surface area (Å²) in [6.07, 6.45) is 3.67. The molecule has 1 N–H and O–H groups in total. The molecule has 4 rings (SSSR count). The lowest BCUT2D eigenvalue weighted by Gasteiger charge is -2.26. The maximum Gasteiger partial charge on any atom is 0.242 e. The number of carbonyl (C=O) groups is 2. The van der Waals surface area contributed by atoms with Gasteiger partial charge in [-0.1, -0.05) is 12.1 Å². The summed E-state index contributed by atoms with van der Waals surface area (Å²) in [4.78, 5) is 30.4. The summed E-state index contributed by atoms with van der Waals surface area (Å²) in [6, 6.07) is 15.8. The van der Waals surface area contributed by atoms with Gasteiger partial charge in [-0.25, -0.2) is 0 Å². The van der Waals surface area contributed by atoms with Gasteiger partial charge in [0.1, 0.15) is 5.41 Å². The van der Waals surface area contributed by atoms with Crippen LogP contribution in [-0.4, -0.2) is 31.4 Å². The Kier molecular flexibility index (Phi) is 5.31. The molecule has 2 amide bonds. The fraction of sp³-hybridized carbons (Fsp3) is 0.417. The van der Waals surface area contributed by atoms with Crippen molar-refractivity contribution in [1.29, 1.82) is 0 Å². The Labute approximate surface area is 172 Å². The van der Waals surface area contributed by atoms with E-state index in [2.05, 4.69) is 10.2 Å². The third-order valence-corrected chi connectivity index (χ3v) is 6.07. The first-order chi connectivity index (χ1) is 14.0. The van der Waals surface area contributed by atoms with Gasteiger partial charge in [0.2, 0.25) is 11.8 Å². The molecule has 0 spiro atoms. The van der Waals surface area contributed by atoms with Gasteiger partial charge >= 0.3 is 0 Å². The standard InChI is InChI=1S/C24H29N3O2/c1-3-27(21-8-6-7-18(2)17-21)23(29)24(13-14-24)22(28)25-19-9-11-20(12-10-19)26-15-4-5-16-26/h6-12,17H,3-5,13-16H2,1-2H3,(H,25,28). The van der Waals surface area contributed by atoms with Crippen molar-refractivity contribution >= 4 is 28.9 Å². The molecule has 0 atom stereocenters. The summed E-state index contributed by atoms with van der Waals surface area (Å²) in [5, 5.41) is 2.98. The highest BCUT2D eigenvalue weighted by Crippen LogP contribution is 2.48. The smallest absolute Gasteiger partial charge is 0.242 e. The zero-order valence-electron chi connectivity index (χ0n) is 17.3. The van der Waals surface area contributed by atoms with E-state index in [0.717, 1.165) is 30.0 Å². The number of benzene rings is 2. The normalized spacial score (nSPS) is 17.1. The SMILES string of the molecule is CCN(C(=O)C1(C(=O)Nc2ccc(N3CCCC3)cc2)CC1)c1cccc(C)c1. The van der Waals surface area contributed by atoms with Crippen molar-refractivity contribution in [1.82, 2.24) is 0 Å². The topological polar surface area (TPSA) is 52.7 Å². The molecular weight excluding hydrogens is 362 g/mol. The van der Waals surface area contributed by atoms with E-state index >= 15 is 0 Å². The van der Waals surface area contributed by atoms with E-state index in [1.165, 1.54) is 18.5 Å². The largest absolute Gasteiger partial charge is 0.372 e. The van der Waals surface area contributed by atoms with Crippen LogP contribution in [0.2, 0.25) is 0 Å². The van der Waals surface area contributed by atoms with Crippen LogP contribution in [-0.2, 0) is 9.59 Å². The average Bonchev–Trinajstić information content (AvgIpc) is 3.36. The summed E-state index contributed by atoms with van der Waals surface area (Å²) in [6.45, 7) is 6.69. The molecule has 5 nitrogen and oxygen atoms in total. The van der Waals surface area contributed by atoms with Gasteiger partial charge in [0.15, 0.2) is 0 Å². The van der Waals surface area contributed by atoms with Crippen molar-refractivity contribution in [3.05, 3.63) is 54.1 Å². The number of nitrogens with one attached hydrogen (secondary N) is 1. The minimum Gasteiger partial charge on any atom is -0.372 e. The molecule has 2 aromatic rings. The summed E-state index contributed by atoms with van der Waals surface area (Å²) >= 11 is 0. The van der Waals surface area contributed by atoms with E-state index in [0.29, 0.717) is 19.4 Å². The lowest BCUT2D eigenvalue weighted by molar-refractivity contribution is -0.132. The predicted molar refractivity (Wildman–Crippen MR) is 117 cm³/mol. The van der Waals surface area contributed by atoms with Gasteiger partial charge in [-0.2, -0.15) is 0 Å². The van der Waals surface area contributed by atoms with E-state index in [1.807, 2.05) is 62.4 Å². The van der Waals surface area contributed by atoms with Crippen LogP contribution in [0.1, 0.15) is 38.2 Å². The molecule has 2 fully saturated rings. The van der Waals surface area contributed by atoms with Crippen LogP contribution >= 0.6 is 0 Å². The Hall–Kier alpha value is -2.82. The Morgan fingerprint density at radius 2 is 1.76 bits per heavy atom. The van der Waals surface area contributed by atoms with Gasteiger partial charge in [0.25, 0.3) is 0 Å². The number of hydrogen-bond donors (Lipinski definition) is 1. The molecule has 0 radical (unpaired) electrons. The average molecular weight is 392 g/mol. The number of nitrogens with zero attached hydrogens (tertiary/aromatic N) is 2. The first-order valence-electron chi connectivity index (χ1n) is 10.6. The van der Waals surface area contributed by atoms with E-state index < -0.39 is 5.41 Å². The first-order valence-corrected chi connectivity index (χ1v) is 10.6. The van der Waals surface area contributed by atoms with Crippen LogP contribution in [0, 0.1) is 12.3 Å². The predicted octanol–water partition coefficient (Wildman–Crippen LogP) is 4.37. The second kappa shape index (κ2) is 7.90. The van der Waals surface area contributed by atoms with E-state index in [-0.39, 0.29) is 11.8 Å². The van der Waals surface area contributed by atoms with Crippen LogP contribution in [0.25, 0.3) is 0 Å². The van der Waals surface area contributed by atoms with Crippen molar-refractivity contribution in [2.75, 3.05) is 34.8 Å². The maximum atomic E-state index is 13.3. The molecule has 0 bridgehead atoms. The second-order valence-electron chi connectivity index (χ2n) is 8.17. The number of carbonyl (C=O) groups excluding carboxylic acids is 2. The zero-order valence-corrected chi connectivity index (χ0v) is 17.3. The lowest BCUT2D eigenvalue weighted by Crippen LogP contribution is -2.43. The molecule has 1 heterocycles. The third kappa shape index (κ3) is 3.86. The van der Waals surface area contributed by atoms with E-state index in [1.54, 1.807) is 4.90 Å². The second-order valence-corrected chi connectivity index (χ2v) is 8.17. The van der Waals surface area contributed by atoms with Crippen molar-refractivity contribution in [3.8, 4) is 0 Å². The highest BCUT2D eigenvalue weighted by molar-refractivity contribution is 6.17. The zero-order chi connectivity index (χ0) is 20.4. The summed E-state index contributed by atoms with van der Waals surface area (Å²) in [5.41, 5.74) is 2.95. The fourth-order valence-corrected chi connectivity index (χ4v) is 4.14. The van der Waals surface area contributed by atoms with Crippen molar-refractivity contribution < 1.29 is 9.59 Å². The van der Waals surface area contributed by atoms with Gasteiger partial charge in [-0.3, -0.25) is 9.59 Å². The molecule has 0 unspecified atom stereocenters. The van der Waals surface area contributed by atoms with E-state index in [9.17, 15) is 9.59 Å². The molecule has 2 aliphatic rings. The quantitative estimate of drug-likeness (QED) is 0.744. The summed E-state index contributed by atoms with van der Waals surface area (Å²) in [5.74, 6) is -0.292. The fourth-order valence-electron chi connectivity index (χ4n) is 4.14. The van der Waals surface area contributed by atoms with Gasteiger partial charge in [-0.05, 0) is 81.5 Å². The van der Waals surface area contributed by atoms with Gasteiger partial charge in [0.05, 0.1) is 0 Å². The van der Waals surface area contributed by atoms with E-state index in [4.69, 9.17) is 0 Å². The van der Waals surface area contributed by atoms with Gasteiger partial charge in [0, 0.05) is 36.7 Å². The Bertz CT molecular complexity index is 897. The molecule has 5 heteroatoms. The Morgan fingerprint density at radius 1 is 1.07 bits per heavy atom. The monoisotopic (exact) mass is 391 g/mol. The lowest BCUT2D eigenvalue weighted by atomic mass is 10.0. The number of hydrogen-bond acceptors (Lipinski definition) is 3. The Balaban J connectivity index is 1.46. The molecule has 1 saturated heterocycles. The molecule has 1 saturated carbocycles. The summed E-state index contributed by atoms with van der Waals surface area (Å²) in [7, 11) is 0. The Morgan fingerprint density at radius 3 is 2.34 bits per heavy atom. The number of aryl methyl sites for hydroxylation is 1. The van der Waals surface area contributed by atoms with Crippen LogP contribution in [0.4, 0.5) is 17.1 Å². The van der Waals surface area contributed by atoms with Gasteiger partial charge in [-0.15, -0.1) is 0 Å². The van der Waals surface area contributed by atoms with Gasteiger partial charge < -0.3 is 15.1 Å². The molecule has 2 aromatic carbocycles. The number of anilines is 3. The minimum atomic E-state index is -0.937. The molecule has 0 aromatic heterocycles.